The Morgan fingerprint density at radius 3 is 3.14 bits per heavy atom. The monoisotopic (exact) mass is 226 g/mol. The third kappa shape index (κ3) is 3.65. The normalized spacial score (nSPS) is 9.79. The zero-order valence-electron chi connectivity index (χ0n) is 7.16. The van der Waals surface area contributed by atoms with E-state index < -0.39 is 5.97 Å². The van der Waals surface area contributed by atoms with Crippen molar-refractivity contribution in [2.45, 2.75) is 0 Å². The first-order valence-corrected chi connectivity index (χ1v) is 5.18. The molecule has 4 heteroatoms. The van der Waals surface area contributed by atoms with Gasteiger partial charge in [0.05, 0.1) is 5.88 Å². The SMILES string of the molecule is O=C(O)/C=C/c1cc(C#CCCl)cs1. The van der Waals surface area contributed by atoms with Crippen molar-refractivity contribution in [2.75, 3.05) is 5.88 Å². The number of halogens is 1. The summed E-state index contributed by atoms with van der Waals surface area (Å²) in [6.45, 7) is 0. The van der Waals surface area contributed by atoms with Gasteiger partial charge in [-0.15, -0.1) is 22.9 Å². The van der Waals surface area contributed by atoms with E-state index in [1.807, 2.05) is 11.4 Å². The molecule has 0 unspecified atom stereocenters. The highest BCUT2D eigenvalue weighted by atomic mass is 35.5. The fourth-order valence-electron chi connectivity index (χ4n) is 0.795. The van der Waals surface area contributed by atoms with E-state index in [2.05, 4.69) is 11.8 Å². The minimum absolute atomic E-state index is 0.302. The van der Waals surface area contributed by atoms with Crippen LogP contribution in [0.25, 0.3) is 6.08 Å². The second-order valence-corrected chi connectivity index (χ2v) is 3.55. The van der Waals surface area contributed by atoms with Gasteiger partial charge in [0.15, 0.2) is 0 Å². The maximum atomic E-state index is 10.2. The van der Waals surface area contributed by atoms with Gasteiger partial charge in [0, 0.05) is 21.9 Å². The van der Waals surface area contributed by atoms with E-state index in [0.717, 1.165) is 16.5 Å². The number of carbonyl (C=O) groups is 1. The van der Waals surface area contributed by atoms with Crippen LogP contribution in [-0.2, 0) is 4.79 Å². The topological polar surface area (TPSA) is 37.3 Å². The number of aliphatic carboxylic acids is 1. The smallest absolute Gasteiger partial charge is 0.328 e. The molecule has 0 spiro atoms. The molecular weight excluding hydrogens is 220 g/mol. The molecule has 1 rings (SSSR count). The molecule has 0 fully saturated rings. The van der Waals surface area contributed by atoms with E-state index in [1.54, 1.807) is 6.08 Å². The average Bonchev–Trinajstić information content (AvgIpc) is 2.59. The summed E-state index contributed by atoms with van der Waals surface area (Å²) < 4.78 is 0. The lowest BCUT2D eigenvalue weighted by Crippen LogP contribution is -1.84. The number of carboxylic acid groups (broad SMARTS) is 1. The molecule has 1 aromatic rings. The first-order valence-electron chi connectivity index (χ1n) is 3.77. The van der Waals surface area contributed by atoms with Gasteiger partial charge in [-0.05, 0) is 12.1 Å². The Bertz CT molecular complexity index is 409. The third-order valence-electron chi connectivity index (χ3n) is 1.31. The van der Waals surface area contributed by atoms with Gasteiger partial charge in [-0.2, -0.15) is 0 Å². The van der Waals surface area contributed by atoms with E-state index in [-0.39, 0.29) is 0 Å². The van der Waals surface area contributed by atoms with Crippen molar-refractivity contribution in [3.05, 3.63) is 28.0 Å². The molecule has 1 aromatic heterocycles. The Morgan fingerprint density at radius 1 is 1.71 bits per heavy atom. The van der Waals surface area contributed by atoms with Gasteiger partial charge >= 0.3 is 5.97 Å². The molecule has 0 amide bonds. The summed E-state index contributed by atoms with van der Waals surface area (Å²) in [4.78, 5) is 11.1. The number of rotatable bonds is 2. The Balaban J connectivity index is 2.73. The molecule has 1 N–H and O–H groups in total. The van der Waals surface area contributed by atoms with Crippen molar-refractivity contribution in [3.63, 3.8) is 0 Å². The Kier molecular flexibility index (Phi) is 4.24. The number of thiophene rings is 1. The van der Waals surface area contributed by atoms with Crippen molar-refractivity contribution < 1.29 is 9.90 Å². The minimum Gasteiger partial charge on any atom is -0.478 e. The molecule has 1 heterocycles. The zero-order chi connectivity index (χ0) is 10.4. The minimum atomic E-state index is -0.952. The summed E-state index contributed by atoms with van der Waals surface area (Å²) in [6, 6.07) is 1.82. The largest absolute Gasteiger partial charge is 0.478 e. The second-order valence-electron chi connectivity index (χ2n) is 2.34. The molecule has 72 valence electrons. The van der Waals surface area contributed by atoms with Crippen LogP contribution in [0, 0.1) is 11.8 Å². The lowest BCUT2D eigenvalue weighted by Gasteiger charge is -1.80. The predicted octanol–water partition coefficient (Wildman–Crippen LogP) is 2.44. The first kappa shape index (κ1) is 10.8. The number of hydrogen-bond donors (Lipinski definition) is 1. The van der Waals surface area contributed by atoms with E-state index in [0.29, 0.717) is 5.88 Å². The predicted molar refractivity (Wildman–Crippen MR) is 58.6 cm³/mol. The van der Waals surface area contributed by atoms with Crippen LogP contribution in [0.15, 0.2) is 17.5 Å². The van der Waals surface area contributed by atoms with Crippen LogP contribution in [0.3, 0.4) is 0 Å². The van der Waals surface area contributed by atoms with Crippen molar-refractivity contribution in [1.29, 1.82) is 0 Å². The molecule has 0 aliphatic carbocycles. The fraction of sp³-hybridized carbons (Fsp3) is 0.100. The molecule has 0 aliphatic heterocycles. The van der Waals surface area contributed by atoms with Crippen LogP contribution in [0.4, 0.5) is 0 Å². The van der Waals surface area contributed by atoms with Crippen LogP contribution in [0.5, 0.6) is 0 Å². The zero-order valence-corrected chi connectivity index (χ0v) is 8.73. The van der Waals surface area contributed by atoms with Crippen LogP contribution >= 0.6 is 22.9 Å². The molecule has 14 heavy (non-hydrogen) atoms. The fourth-order valence-corrected chi connectivity index (χ4v) is 1.59. The summed E-state index contributed by atoms with van der Waals surface area (Å²) in [5.41, 5.74) is 0.862. The third-order valence-corrected chi connectivity index (χ3v) is 2.34. The summed E-state index contributed by atoms with van der Waals surface area (Å²) in [6.07, 6.45) is 2.64. The molecule has 0 saturated heterocycles. The van der Waals surface area contributed by atoms with Crippen LogP contribution in [-0.4, -0.2) is 17.0 Å². The van der Waals surface area contributed by atoms with Gasteiger partial charge in [0.25, 0.3) is 0 Å². The van der Waals surface area contributed by atoms with Gasteiger partial charge in [0.1, 0.15) is 0 Å². The van der Waals surface area contributed by atoms with E-state index in [9.17, 15) is 4.79 Å². The number of carboxylic acids is 1. The average molecular weight is 227 g/mol. The number of alkyl halides is 1. The van der Waals surface area contributed by atoms with E-state index in [4.69, 9.17) is 16.7 Å². The molecule has 0 bridgehead atoms. The maximum absolute atomic E-state index is 10.2. The van der Waals surface area contributed by atoms with Crippen molar-refractivity contribution in [1.82, 2.24) is 0 Å². The van der Waals surface area contributed by atoms with Crippen molar-refractivity contribution in [2.24, 2.45) is 0 Å². The highest BCUT2D eigenvalue weighted by molar-refractivity contribution is 7.11. The second kappa shape index (κ2) is 5.48. The molecule has 0 aromatic carbocycles. The standard InChI is InChI=1S/C10H7ClO2S/c11-5-1-2-8-6-9(14-7-8)3-4-10(12)13/h3-4,6-7H,5H2,(H,12,13)/b4-3+. The van der Waals surface area contributed by atoms with Gasteiger partial charge in [-0.3, -0.25) is 0 Å². The van der Waals surface area contributed by atoms with Gasteiger partial charge in [-0.1, -0.05) is 11.8 Å². The molecule has 2 nitrogen and oxygen atoms in total. The summed E-state index contributed by atoms with van der Waals surface area (Å²) in [7, 11) is 0. The highest BCUT2D eigenvalue weighted by Crippen LogP contribution is 2.15. The quantitative estimate of drug-likeness (QED) is 0.478. The summed E-state index contributed by atoms with van der Waals surface area (Å²) >= 11 is 6.85. The Morgan fingerprint density at radius 2 is 2.50 bits per heavy atom. The lowest BCUT2D eigenvalue weighted by atomic mass is 10.3. The van der Waals surface area contributed by atoms with Crippen LogP contribution in [0.2, 0.25) is 0 Å². The highest BCUT2D eigenvalue weighted by Gasteiger charge is 1.94. The van der Waals surface area contributed by atoms with Gasteiger partial charge in [0.2, 0.25) is 0 Å². The molecule has 0 atom stereocenters. The Labute approximate surface area is 90.8 Å². The van der Waals surface area contributed by atoms with E-state index >= 15 is 0 Å². The van der Waals surface area contributed by atoms with Crippen LogP contribution in [0.1, 0.15) is 10.4 Å². The van der Waals surface area contributed by atoms with Gasteiger partial charge in [-0.25, -0.2) is 4.79 Å². The first-order chi connectivity index (χ1) is 6.72. The Hall–Kier alpha value is -1.24. The number of hydrogen-bond acceptors (Lipinski definition) is 2. The molecule has 0 saturated carbocycles. The summed E-state index contributed by atoms with van der Waals surface area (Å²) in [5, 5.41) is 10.3. The van der Waals surface area contributed by atoms with Gasteiger partial charge < -0.3 is 5.11 Å². The van der Waals surface area contributed by atoms with Crippen molar-refractivity contribution in [3.8, 4) is 11.8 Å². The molecular formula is C10H7ClO2S. The van der Waals surface area contributed by atoms with Crippen LogP contribution < -0.4 is 0 Å². The lowest BCUT2D eigenvalue weighted by molar-refractivity contribution is -0.131. The summed E-state index contributed by atoms with van der Waals surface area (Å²) in [5.74, 6) is 4.92. The molecule has 0 aliphatic rings. The molecule has 0 radical (unpaired) electrons. The van der Waals surface area contributed by atoms with Crippen molar-refractivity contribution >= 4 is 35.0 Å². The van der Waals surface area contributed by atoms with E-state index in [1.165, 1.54) is 11.3 Å². The maximum Gasteiger partial charge on any atom is 0.328 e.